The second-order valence-corrected chi connectivity index (χ2v) is 9.05. The van der Waals surface area contributed by atoms with Gasteiger partial charge in [0.25, 0.3) is 0 Å². The zero-order chi connectivity index (χ0) is 13.2. The van der Waals surface area contributed by atoms with E-state index in [1.807, 2.05) is 0 Å². The van der Waals surface area contributed by atoms with Crippen LogP contribution in [0.5, 0.6) is 0 Å². The van der Waals surface area contributed by atoms with Crippen molar-refractivity contribution < 1.29 is 9.90 Å². The summed E-state index contributed by atoms with van der Waals surface area (Å²) in [6.45, 7) is 0. The molecule has 0 spiro atoms. The zero-order valence-electron chi connectivity index (χ0n) is 11.9. The molecular formula is C18H24O2. The normalized spacial score (nSPS) is 67.7. The van der Waals surface area contributed by atoms with Crippen molar-refractivity contribution in [3.8, 4) is 0 Å². The number of hydrogen-bond acceptors (Lipinski definition) is 1. The molecule has 0 saturated heterocycles. The van der Waals surface area contributed by atoms with Gasteiger partial charge in [-0.1, -0.05) is 0 Å². The fourth-order valence-corrected chi connectivity index (χ4v) is 9.08. The fourth-order valence-electron chi connectivity index (χ4n) is 9.08. The molecule has 6 aliphatic carbocycles. The van der Waals surface area contributed by atoms with Crippen LogP contribution in [0.25, 0.3) is 0 Å². The van der Waals surface area contributed by atoms with Crippen molar-refractivity contribution in [3.63, 3.8) is 0 Å². The summed E-state index contributed by atoms with van der Waals surface area (Å²) in [4.78, 5) is 11.5. The number of fused-ring (bicyclic) bond motifs is 16. The monoisotopic (exact) mass is 272 g/mol. The molecule has 6 bridgehead atoms. The lowest BCUT2D eigenvalue weighted by Gasteiger charge is -2.46. The molecule has 0 heterocycles. The van der Waals surface area contributed by atoms with Crippen LogP contribution >= 0.6 is 0 Å². The summed E-state index contributed by atoms with van der Waals surface area (Å²) >= 11 is 0. The number of carbonyl (C=O) groups is 1. The van der Waals surface area contributed by atoms with E-state index in [4.69, 9.17) is 0 Å². The average molecular weight is 272 g/mol. The van der Waals surface area contributed by atoms with Crippen molar-refractivity contribution in [2.75, 3.05) is 0 Å². The fraction of sp³-hybridized carbons (Fsp3) is 0.944. The van der Waals surface area contributed by atoms with Crippen molar-refractivity contribution in [2.24, 2.45) is 65.1 Å². The zero-order valence-corrected chi connectivity index (χ0v) is 11.9. The summed E-state index contributed by atoms with van der Waals surface area (Å²) in [6.07, 6.45) is 8.36. The molecule has 6 rings (SSSR count). The van der Waals surface area contributed by atoms with Gasteiger partial charge in [0, 0.05) is 0 Å². The van der Waals surface area contributed by atoms with Crippen LogP contribution in [0.4, 0.5) is 0 Å². The molecule has 2 nitrogen and oxygen atoms in total. The molecule has 20 heavy (non-hydrogen) atoms. The average Bonchev–Trinajstić information content (AvgIpc) is 3.20. The van der Waals surface area contributed by atoms with Gasteiger partial charge in [-0.15, -0.1) is 0 Å². The maximum absolute atomic E-state index is 11.5. The minimum absolute atomic E-state index is 0.0256. The van der Waals surface area contributed by atoms with Crippen molar-refractivity contribution in [2.45, 2.75) is 38.5 Å². The Labute approximate surface area is 120 Å². The molecule has 108 valence electrons. The van der Waals surface area contributed by atoms with Crippen LogP contribution in [0.15, 0.2) is 0 Å². The molecule has 0 aromatic rings. The van der Waals surface area contributed by atoms with Crippen molar-refractivity contribution in [1.29, 1.82) is 0 Å². The summed E-state index contributed by atoms with van der Waals surface area (Å²) in [5, 5.41) is 9.52. The summed E-state index contributed by atoms with van der Waals surface area (Å²) in [5.74, 6) is 8.91. The van der Waals surface area contributed by atoms with E-state index >= 15 is 0 Å². The molecule has 0 aromatic carbocycles. The smallest absolute Gasteiger partial charge is 0.306 e. The maximum atomic E-state index is 11.5. The van der Waals surface area contributed by atoms with Crippen LogP contribution < -0.4 is 0 Å². The quantitative estimate of drug-likeness (QED) is 0.744. The van der Waals surface area contributed by atoms with Crippen molar-refractivity contribution in [3.05, 3.63) is 0 Å². The van der Waals surface area contributed by atoms with Crippen LogP contribution in [-0.4, -0.2) is 11.1 Å². The Morgan fingerprint density at radius 2 is 1.35 bits per heavy atom. The molecular weight excluding hydrogens is 248 g/mol. The third kappa shape index (κ3) is 1.01. The number of carboxylic acid groups (broad SMARTS) is 1. The van der Waals surface area contributed by atoms with Gasteiger partial charge in [-0.2, -0.15) is 0 Å². The van der Waals surface area contributed by atoms with E-state index in [1.54, 1.807) is 6.42 Å². The van der Waals surface area contributed by atoms with E-state index in [2.05, 4.69) is 0 Å². The Balaban J connectivity index is 1.40. The molecule has 2 heteroatoms. The van der Waals surface area contributed by atoms with Crippen LogP contribution in [0.2, 0.25) is 0 Å². The molecule has 0 aromatic heterocycles. The molecule has 0 aliphatic heterocycles. The summed E-state index contributed by atoms with van der Waals surface area (Å²) in [6, 6.07) is 0. The highest BCUT2D eigenvalue weighted by Crippen LogP contribution is 2.77. The third-order valence-electron chi connectivity index (χ3n) is 9.02. The lowest BCUT2D eigenvalue weighted by Crippen LogP contribution is -2.43. The van der Waals surface area contributed by atoms with Crippen LogP contribution in [0, 0.1) is 65.1 Å². The molecule has 0 radical (unpaired) electrons. The number of aliphatic carboxylic acids is 1. The second-order valence-electron chi connectivity index (χ2n) is 9.05. The lowest BCUT2D eigenvalue weighted by atomic mass is 9.58. The van der Waals surface area contributed by atoms with E-state index in [1.165, 1.54) is 25.7 Å². The second kappa shape index (κ2) is 3.28. The Morgan fingerprint density at radius 3 is 2.05 bits per heavy atom. The first-order valence-electron chi connectivity index (χ1n) is 8.97. The Bertz CT molecular complexity index is 500. The molecule has 11 unspecified atom stereocenters. The summed E-state index contributed by atoms with van der Waals surface area (Å²) in [5.41, 5.74) is 0. The van der Waals surface area contributed by atoms with Crippen LogP contribution in [-0.2, 0) is 4.79 Å². The predicted molar refractivity (Wildman–Crippen MR) is 73.7 cm³/mol. The highest BCUT2D eigenvalue weighted by atomic mass is 16.4. The minimum Gasteiger partial charge on any atom is -0.481 e. The first kappa shape index (κ1) is 11.1. The van der Waals surface area contributed by atoms with Gasteiger partial charge < -0.3 is 5.11 Å². The Morgan fingerprint density at radius 1 is 0.700 bits per heavy atom. The molecule has 6 fully saturated rings. The van der Waals surface area contributed by atoms with Gasteiger partial charge in [0.1, 0.15) is 0 Å². The lowest BCUT2D eigenvalue weighted by molar-refractivity contribution is -0.145. The SMILES string of the molecule is O=C(O)C1CC2CC1C1C3CC(C4C5CCC(C5)C34)C21. The Hall–Kier alpha value is -0.530. The first-order chi connectivity index (χ1) is 9.74. The van der Waals surface area contributed by atoms with Gasteiger partial charge in [-0.25, -0.2) is 0 Å². The van der Waals surface area contributed by atoms with Gasteiger partial charge in [0.05, 0.1) is 5.92 Å². The molecule has 1 N–H and O–H groups in total. The topological polar surface area (TPSA) is 37.3 Å². The number of rotatable bonds is 1. The number of hydrogen-bond donors (Lipinski definition) is 1. The maximum Gasteiger partial charge on any atom is 0.306 e. The molecule has 11 atom stereocenters. The van der Waals surface area contributed by atoms with Crippen LogP contribution in [0.1, 0.15) is 38.5 Å². The predicted octanol–water partition coefficient (Wildman–Crippen LogP) is 3.27. The van der Waals surface area contributed by atoms with E-state index in [9.17, 15) is 9.90 Å². The van der Waals surface area contributed by atoms with Gasteiger partial charge in [0.2, 0.25) is 0 Å². The third-order valence-corrected chi connectivity index (χ3v) is 9.02. The molecule has 6 aliphatic rings. The van der Waals surface area contributed by atoms with Crippen molar-refractivity contribution >= 4 is 5.97 Å². The standard InChI is InChI=1S/C18H24O2/c19-18(20)11-5-9-4-10(11)17-13-6-12(16(9)17)14-7-1-2-8(3-7)15(13)14/h7-17H,1-6H2,(H,19,20). The van der Waals surface area contributed by atoms with Gasteiger partial charge in [-0.3, -0.25) is 4.79 Å². The van der Waals surface area contributed by atoms with E-state index < -0.39 is 5.97 Å². The minimum atomic E-state index is -0.483. The van der Waals surface area contributed by atoms with Gasteiger partial charge in [0.15, 0.2) is 0 Å². The molecule has 0 amide bonds. The highest BCUT2D eigenvalue weighted by molar-refractivity contribution is 5.71. The molecule has 6 saturated carbocycles. The van der Waals surface area contributed by atoms with E-state index in [0.717, 1.165) is 59.7 Å². The van der Waals surface area contributed by atoms with Gasteiger partial charge in [-0.05, 0) is 97.7 Å². The Kier molecular flexibility index (Phi) is 1.82. The highest BCUT2D eigenvalue weighted by Gasteiger charge is 2.71. The first-order valence-corrected chi connectivity index (χ1v) is 8.97. The van der Waals surface area contributed by atoms with E-state index in [0.29, 0.717) is 5.92 Å². The number of carboxylic acids is 1. The van der Waals surface area contributed by atoms with Gasteiger partial charge >= 0.3 is 5.97 Å². The van der Waals surface area contributed by atoms with Crippen molar-refractivity contribution in [1.82, 2.24) is 0 Å². The summed E-state index contributed by atoms with van der Waals surface area (Å²) < 4.78 is 0. The largest absolute Gasteiger partial charge is 0.481 e. The summed E-state index contributed by atoms with van der Waals surface area (Å²) in [7, 11) is 0. The van der Waals surface area contributed by atoms with Crippen LogP contribution in [0.3, 0.4) is 0 Å². The van der Waals surface area contributed by atoms with E-state index in [-0.39, 0.29) is 5.92 Å².